The Labute approximate surface area is 214 Å². The molecule has 0 saturated carbocycles. The highest BCUT2D eigenvalue weighted by Crippen LogP contribution is 2.37. The molecular formula is C25H28FN5O5S. The Morgan fingerprint density at radius 1 is 1.16 bits per heavy atom. The van der Waals surface area contributed by atoms with Crippen LogP contribution in [0.25, 0.3) is 16.9 Å². The molecule has 1 aromatic carbocycles. The summed E-state index contributed by atoms with van der Waals surface area (Å²) in [5.74, 6) is -1.10. The van der Waals surface area contributed by atoms with E-state index in [9.17, 15) is 13.2 Å². The minimum Gasteiger partial charge on any atom is -0.495 e. The van der Waals surface area contributed by atoms with Gasteiger partial charge in [-0.15, -0.1) is 0 Å². The Bertz CT molecular complexity index is 1600. The van der Waals surface area contributed by atoms with Gasteiger partial charge in [0.1, 0.15) is 16.3 Å². The van der Waals surface area contributed by atoms with Gasteiger partial charge in [-0.3, -0.25) is 13.9 Å². The van der Waals surface area contributed by atoms with Crippen molar-refractivity contribution in [2.45, 2.75) is 36.8 Å². The fourth-order valence-electron chi connectivity index (χ4n) is 3.85. The first kappa shape index (κ1) is 26.1. The number of benzene rings is 1. The number of amides is 1. The van der Waals surface area contributed by atoms with Crippen molar-refractivity contribution in [2.24, 2.45) is 7.05 Å². The van der Waals surface area contributed by atoms with Crippen LogP contribution in [0, 0.1) is 5.82 Å². The van der Waals surface area contributed by atoms with Gasteiger partial charge in [-0.1, -0.05) is 0 Å². The molecule has 0 bridgehead atoms. The van der Waals surface area contributed by atoms with Crippen molar-refractivity contribution in [1.82, 2.24) is 19.2 Å². The number of imidazole rings is 1. The first-order chi connectivity index (χ1) is 17.3. The van der Waals surface area contributed by atoms with E-state index >= 15 is 4.39 Å². The zero-order chi connectivity index (χ0) is 27.1. The molecule has 0 radical (unpaired) electrons. The van der Waals surface area contributed by atoms with Gasteiger partial charge >= 0.3 is 0 Å². The van der Waals surface area contributed by atoms with Gasteiger partial charge in [0.15, 0.2) is 21.4 Å². The second kappa shape index (κ2) is 9.51. The molecular weight excluding hydrogens is 501 g/mol. The Balaban J connectivity index is 1.81. The van der Waals surface area contributed by atoms with Crippen molar-refractivity contribution in [3.05, 3.63) is 54.4 Å². The number of aryl methyl sites for hydroxylation is 1. The van der Waals surface area contributed by atoms with Crippen LogP contribution in [0.3, 0.4) is 0 Å². The Kier molecular flexibility index (Phi) is 6.72. The molecule has 0 aliphatic heterocycles. The van der Waals surface area contributed by atoms with Crippen molar-refractivity contribution >= 4 is 27.1 Å². The third-order valence-electron chi connectivity index (χ3n) is 5.82. The van der Waals surface area contributed by atoms with E-state index in [-0.39, 0.29) is 28.5 Å². The van der Waals surface area contributed by atoms with Crippen molar-refractivity contribution in [2.75, 3.05) is 19.5 Å². The van der Waals surface area contributed by atoms with E-state index in [1.807, 2.05) is 0 Å². The number of nitrogens with zero attached hydrogens (tertiary/aromatic N) is 4. The van der Waals surface area contributed by atoms with Crippen LogP contribution in [-0.4, -0.2) is 52.5 Å². The SMILES string of the molecule is COc1cc2ncc(-c3cc(F)c(OC)c(NC(=O)Cc4ccn(C)n4)c3)n2cc1S(=O)(=O)C(C)(C)C. The molecule has 1 amide bonds. The second-order valence-corrected chi connectivity index (χ2v) is 12.1. The Morgan fingerprint density at radius 2 is 1.89 bits per heavy atom. The quantitative estimate of drug-likeness (QED) is 0.388. The number of carbonyl (C=O) groups is 1. The Morgan fingerprint density at radius 3 is 2.49 bits per heavy atom. The smallest absolute Gasteiger partial charge is 0.230 e. The summed E-state index contributed by atoms with van der Waals surface area (Å²) in [6.45, 7) is 4.79. The molecule has 4 rings (SSSR count). The maximum Gasteiger partial charge on any atom is 0.230 e. The molecule has 1 N–H and O–H groups in total. The van der Waals surface area contributed by atoms with Gasteiger partial charge in [0.25, 0.3) is 0 Å². The topological polar surface area (TPSA) is 117 Å². The van der Waals surface area contributed by atoms with Crippen molar-refractivity contribution in [3.63, 3.8) is 0 Å². The van der Waals surface area contributed by atoms with Gasteiger partial charge < -0.3 is 14.8 Å². The average molecular weight is 530 g/mol. The van der Waals surface area contributed by atoms with Crippen molar-refractivity contribution in [3.8, 4) is 22.8 Å². The summed E-state index contributed by atoms with van der Waals surface area (Å²) in [4.78, 5) is 17.0. The lowest BCUT2D eigenvalue weighted by Gasteiger charge is -2.21. The van der Waals surface area contributed by atoms with E-state index in [1.54, 1.807) is 55.2 Å². The molecule has 37 heavy (non-hydrogen) atoms. The summed E-state index contributed by atoms with van der Waals surface area (Å²) in [5, 5.41) is 6.87. The van der Waals surface area contributed by atoms with E-state index < -0.39 is 26.3 Å². The number of carbonyl (C=O) groups excluding carboxylic acids is 1. The number of sulfone groups is 1. The molecule has 0 spiro atoms. The number of aromatic nitrogens is 4. The third-order valence-corrected chi connectivity index (χ3v) is 8.32. The van der Waals surface area contributed by atoms with Gasteiger partial charge in [-0.05, 0) is 39.0 Å². The monoisotopic (exact) mass is 529 g/mol. The molecule has 4 aromatic rings. The predicted octanol–water partition coefficient (Wildman–Crippen LogP) is 3.64. The zero-order valence-electron chi connectivity index (χ0n) is 21.4. The summed E-state index contributed by atoms with van der Waals surface area (Å²) in [7, 11) is 0.639. The van der Waals surface area contributed by atoms with Crippen LogP contribution in [-0.2, 0) is 28.1 Å². The highest BCUT2D eigenvalue weighted by molar-refractivity contribution is 7.92. The van der Waals surface area contributed by atoms with Crippen LogP contribution in [0.15, 0.2) is 47.8 Å². The minimum absolute atomic E-state index is 0.0146. The van der Waals surface area contributed by atoms with Crippen LogP contribution in [0.4, 0.5) is 10.1 Å². The number of anilines is 1. The summed E-state index contributed by atoms with van der Waals surface area (Å²) in [6.07, 6.45) is 4.61. The largest absolute Gasteiger partial charge is 0.495 e. The molecule has 0 saturated heterocycles. The minimum atomic E-state index is -3.79. The number of hydrogen-bond acceptors (Lipinski definition) is 7. The normalized spacial score (nSPS) is 12.1. The number of ether oxygens (including phenoxy) is 2. The number of nitrogens with one attached hydrogen (secondary N) is 1. The first-order valence-corrected chi connectivity index (χ1v) is 12.8. The zero-order valence-corrected chi connectivity index (χ0v) is 22.2. The number of pyridine rings is 1. The lowest BCUT2D eigenvalue weighted by molar-refractivity contribution is -0.115. The van der Waals surface area contributed by atoms with Crippen molar-refractivity contribution < 1.29 is 27.1 Å². The van der Waals surface area contributed by atoms with Crippen molar-refractivity contribution in [1.29, 1.82) is 0 Å². The number of rotatable bonds is 7. The number of fused-ring (bicyclic) bond motifs is 1. The maximum atomic E-state index is 15.1. The highest BCUT2D eigenvalue weighted by atomic mass is 32.2. The molecule has 10 nitrogen and oxygen atoms in total. The fraction of sp³-hybridized carbons (Fsp3) is 0.320. The average Bonchev–Trinajstić information content (AvgIpc) is 3.42. The Hall–Kier alpha value is -3.93. The lowest BCUT2D eigenvalue weighted by Crippen LogP contribution is -2.28. The summed E-state index contributed by atoms with van der Waals surface area (Å²) < 4.78 is 54.2. The highest BCUT2D eigenvalue weighted by Gasteiger charge is 2.34. The molecule has 3 heterocycles. The molecule has 0 fully saturated rings. The number of hydrogen-bond donors (Lipinski definition) is 1. The number of halogens is 1. The first-order valence-electron chi connectivity index (χ1n) is 11.3. The van der Waals surface area contributed by atoms with E-state index in [4.69, 9.17) is 9.47 Å². The van der Waals surface area contributed by atoms with E-state index in [0.717, 1.165) is 0 Å². The van der Waals surface area contributed by atoms with Gasteiger partial charge in [-0.25, -0.2) is 17.8 Å². The molecule has 0 unspecified atom stereocenters. The summed E-state index contributed by atoms with van der Waals surface area (Å²) in [5.41, 5.74) is 1.83. The van der Waals surface area contributed by atoms with Gasteiger partial charge in [0.05, 0.1) is 48.7 Å². The van der Waals surface area contributed by atoms with E-state index in [2.05, 4.69) is 15.4 Å². The van der Waals surface area contributed by atoms with E-state index in [0.29, 0.717) is 22.6 Å². The molecule has 12 heteroatoms. The molecule has 0 atom stereocenters. The molecule has 0 aliphatic rings. The molecule has 3 aromatic heterocycles. The van der Waals surface area contributed by atoms with Gasteiger partial charge in [0, 0.05) is 31.1 Å². The third kappa shape index (κ3) is 4.88. The fourth-order valence-corrected chi connectivity index (χ4v) is 5.16. The van der Waals surface area contributed by atoms with Gasteiger partial charge in [0.2, 0.25) is 5.91 Å². The maximum absolute atomic E-state index is 15.1. The van der Waals surface area contributed by atoms with Crippen LogP contribution in [0.1, 0.15) is 26.5 Å². The molecule has 0 aliphatic carbocycles. The van der Waals surface area contributed by atoms with Crippen LogP contribution in [0.5, 0.6) is 11.5 Å². The molecule has 196 valence electrons. The standard InChI is InChI=1S/C25H28FN5O5S/c1-25(2,3)37(33,34)21-14-31-19(13-27-22(31)12-20(21)35-5)15-9-17(26)24(36-6)18(10-15)28-23(32)11-16-7-8-30(4)29-16/h7-10,12-14H,11H2,1-6H3,(H,28,32). The summed E-state index contributed by atoms with van der Waals surface area (Å²) >= 11 is 0. The number of methoxy groups -OCH3 is 2. The van der Waals surface area contributed by atoms with Crippen LogP contribution in [0.2, 0.25) is 0 Å². The second-order valence-electron chi connectivity index (χ2n) is 9.44. The van der Waals surface area contributed by atoms with Crippen LogP contribution >= 0.6 is 0 Å². The summed E-state index contributed by atoms with van der Waals surface area (Å²) in [6, 6.07) is 6.00. The van der Waals surface area contributed by atoms with Crippen LogP contribution < -0.4 is 14.8 Å². The lowest BCUT2D eigenvalue weighted by atomic mass is 10.1. The van der Waals surface area contributed by atoms with E-state index in [1.165, 1.54) is 38.7 Å². The van der Waals surface area contributed by atoms with Gasteiger partial charge in [-0.2, -0.15) is 5.10 Å². The predicted molar refractivity (Wildman–Crippen MR) is 136 cm³/mol.